The fourth-order valence-electron chi connectivity index (χ4n) is 2.93. The maximum Gasteiger partial charge on any atom is 0.341 e. The predicted molar refractivity (Wildman–Crippen MR) is 76.2 cm³/mol. The highest BCUT2D eigenvalue weighted by molar-refractivity contribution is 5.94. The minimum absolute atomic E-state index is 0.222. The molecule has 0 aliphatic heterocycles. The second kappa shape index (κ2) is 4.67. The fraction of sp³-hybridized carbons (Fsp3) is 0.333. The number of carbonyl (C=O) groups is 1. The lowest BCUT2D eigenvalue weighted by Gasteiger charge is -2.14. The minimum Gasteiger partial charge on any atom is -0.477 e. The van der Waals surface area contributed by atoms with Gasteiger partial charge in [0, 0.05) is 13.1 Å². The summed E-state index contributed by atoms with van der Waals surface area (Å²) in [6, 6.07) is 8.56. The summed E-state index contributed by atoms with van der Waals surface area (Å²) in [6.45, 7) is 1.72. The average Bonchev–Trinajstić information content (AvgIpc) is 2.90. The number of carboxylic acid groups (broad SMARTS) is 1. The average molecular weight is 271 g/mol. The number of nitrogens with one attached hydrogen (secondary N) is 1. The first-order chi connectivity index (χ1) is 9.56. The van der Waals surface area contributed by atoms with Crippen molar-refractivity contribution in [2.24, 2.45) is 7.05 Å². The van der Waals surface area contributed by atoms with Crippen molar-refractivity contribution in [2.45, 2.75) is 25.8 Å². The van der Waals surface area contributed by atoms with Crippen molar-refractivity contribution < 1.29 is 9.90 Å². The van der Waals surface area contributed by atoms with Crippen molar-refractivity contribution >= 4 is 11.8 Å². The second-order valence-corrected chi connectivity index (χ2v) is 5.26. The second-order valence-electron chi connectivity index (χ2n) is 5.26. The highest BCUT2D eigenvalue weighted by Gasteiger charge is 2.25. The normalized spacial score (nSPS) is 14.3. The van der Waals surface area contributed by atoms with Gasteiger partial charge in [-0.05, 0) is 30.9 Å². The summed E-state index contributed by atoms with van der Waals surface area (Å²) in [5, 5.41) is 16.9. The summed E-state index contributed by atoms with van der Waals surface area (Å²) in [5.74, 6) is -0.346. The quantitative estimate of drug-likeness (QED) is 0.896. The molecule has 1 aliphatic rings. The summed E-state index contributed by atoms with van der Waals surface area (Å²) in [7, 11) is 1.77. The third-order valence-electron chi connectivity index (χ3n) is 3.83. The number of aromatic nitrogens is 2. The van der Waals surface area contributed by atoms with Crippen LogP contribution in [0.1, 0.15) is 27.2 Å². The van der Waals surface area contributed by atoms with Crippen LogP contribution < -0.4 is 5.32 Å². The van der Waals surface area contributed by atoms with E-state index in [4.69, 9.17) is 0 Å². The van der Waals surface area contributed by atoms with Crippen LogP contribution in [0.25, 0.3) is 0 Å². The molecule has 3 rings (SSSR count). The molecule has 1 aromatic carbocycles. The lowest BCUT2D eigenvalue weighted by Crippen LogP contribution is -2.22. The first-order valence-electron chi connectivity index (χ1n) is 6.66. The van der Waals surface area contributed by atoms with Gasteiger partial charge in [-0.2, -0.15) is 5.10 Å². The molecule has 1 aliphatic carbocycles. The van der Waals surface area contributed by atoms with Crippen molar-refractivity contribution in [3.05, 3.63) is 46.6 Å². The van der Waals surface area contributed by atoms with Gasteiger partial charge in [0.15, 0.2) is 0 Å². The van der Waals surface area contributed by atoms with Crippen LogP contribution >= 0.6 is 0 Å². The van der Waals surface area contributed by atoms with Gasteiger partial charge in [0.1, 0.15) is 11.4 Å². The van der Waals surface area contributed by atoms with Crippen LogP contribution in [0.3, 0.4) is 0 Å². The van der Waals surface area contributed by atoms with Gasteiger partial charge in [-0.1, -0.05) is 24.3 Å². The van der Waals surface area contributed by atoms with Gasteiger partial charge in [0.25, 0.3) is 0 Å². The largest absolute Gasteiger partial charge is 0.477 e. The molecule has 5 heteroatoms. The predicted octanol–water partition coefficient (Wildman–Crippen LogP) is 2.01. The van der Waals surface area contributed by atoms with Crippen LogP contribution in [0, 0.1) is 6.92 Å². The lowest BCUT2D eigenvalue weighted by atomic mass is 10.1. The summed E-state index contributed by atoms with van der Waals surface area (Å²) in [5.41, 5.74) is 3.47. The maximum atomic E-state index is 11.4. The summed E-state index contributed by atoms with van der Waals surface area (Å²) < 4.78 is 1.61. The molecule has 0 unspecified atom stereocenters. The van der Waals surface area contributed by atoms with E-state index in [9.17, 15) is 9.90 Å². The van der Waals surface area contributed by atoms with Crippen molar-refractivity contribution in [3.8, 4) is 0 Å². The topological polar surface area (TPSA) is 67.2 Å². The van der Waals surface area contributed by atoms with Crippen LogP contribution in [0.4, 0.5) is 5.82 Å². The Labute approximate surface area is 117 Å². The van der Waals surface area contributed by atoms with E-state index in [2.05, 4.69) is 22.5 Å². The van der Waals surface area contributed by atoms with Crippen LogP contribution in [0.15, 0.2) is 24.3 Å². The Kier molecular flexibility index (Phi) is 2.97. The Morgan fingerprint density at radius 1 is 1.35 bits per heavy atom. The number of rotatable bonds is 3. The molecule has 0 radical (unpaired) electrons. The molecule has 0 fully saturated rings. The van der Waals surface area contributed by atoms with Crippen molar-refractivity contribution in [1.82, 2.24) is 9.78 Å². The standard InChI is InChI=1S/C15H17N3O2/c1-9-13(15(19)20)14(18(2)17-9)16-12-7-10-5-3-4-6-11(10)8-12/h3-6,12,16H,7-8H2,1-2H3,(H,19,20). The van der Waals surface area contributed by atoms with E-state index in [0.29, 0.717) is 11.5 Å². The van der Waals surface area contributed by atoms with Crippen molar-refractivity contribution in [1.29, 1.82) is 0 Å². The van der Waals surface area contributed by atoms with E-state index in [1.165, 1.54) is 11.1 Å². The Balaban J connectivity index is 1.86. The van der Waals surface area contributed by atoms with Gasteiger partial charge >= 0.3 is 5.97 Å². The Morgan fingerprint density at radius 2 is 1.95 bits per heavy atom. The number of anilines is 1. The molecule has 1 aromatic heterocycles. The number of nitrogens with zero attached hydrogens (tertiary/aromatic N) is 2. The molecule has 0 atom stereocenters. The van der Waals surface area contributed by atoms with Crippen molar-refractivity contribution in [3.63, 3.8) is 0 Å². The molecule has 0 amide bonds. The van der Waals surface area contributed by atoms with Gasteiger partial charge in [-0.15, -0.1) is 0 Å². The first-order valence-corrected chi connectivity index (χ1v) is 6.66. The van der Waals surface area contributed by atoms with Crippen LogP contribution in [0.2, 0.25) is 0 Å². The van der Waals surface area contributed by atoms with Gasteiger partial charge in [-0.25, -0.2) is 4.79 Å². The van der Waals surface area contributed by atoms with E-state index < -0.39 is 5.97 Å². The maximum absolute atomic E-state index is 11.4. The highest BCUT2D eigenvalue weighted by Crippen LogP contribution is 2.26. The molecule has 104 valence electrons. The molecular weight excluding hydrogens is 254 g/mol. The third-order valence-corrected chi connectivity index (χ3v) is 3.83. The highest BCUT2D eigenvalue weighted by atomic mass is 16.4. The number of carboxylic acids is 1. The van der Waals surface area contributed by atoms with Crippen LogP contribution in [-0.2, 0) is 19.9 Å². The van der Waals surface area contributed by atoms with E-state index in [1.807, 2.05) is 12.1 Å². The van der Waals surface area contributed by atoms with Gasteiger partial charge < -0.3 is 10.4 Å². The van der Waals surface area contributed by atoms with Gasteiger partial charge in [-0.3, -0.25) is 4.68 Å². The molecule has 2 aromatic rings. The van der Waals surface area contributed by atoms with Gasteiger partial charge in [0.2, 0.25) is 0 Å². The zero-order valence-corrected chi connectivity index (χ0v) is 11.6. The molecule has 0 saturated heterocycles. The van der Waals surface area contributed by atoms with E-state index in [0.717, 1.165) is 12.8 Å². The number of fused-ring (bicyclic) bond motifs is 1. The van der Waals surface area contributed by atoms with E-state index in [1.54, 1.807) is 18.7 Å². The number of benzene rings is 1. The number of aryl methyl sites for hydroxylation is 2. The number of aromatic carboxylic acids is 1. The number of hydrogen-bond acceptors (Lipinski definition) is 3. The first kappa shape index (κ1) is 12.7. The lowest BCUT2D eigenvalue weighted by molar-refractivity contribution is 0.0697. The van der Waals surface area contributed by atoms with Crippen LogP contribution in [0.5, 0.6) is 0 Å². The van der Waals surface area contributed by atoms with E-state index in [-0.39, 0.29) is 11.6 Å². The SMILES string of the molecule is Cc1nn(C)c(NC2Cc3ccccc3C2)c1C(=O)O. The Bertz CT molecular complexity index is 651. The molecular formula is C15H17N3O2. The molecule has 0 spiro atoms. The van der Waals surface area contributed by atoms with Crippen LogP contribution in [-0.4, -0.2) is 26.9 Å². The minimum atomic E-state index is -0.936. The molecule has 0 saturated carbocycles. The fourth-order valence-corrected chi connectivity index (χ4v) is 2.93. The van der Waals surface area contributed by atoms with E-state index >= 15 is 0 Å². The molecule has 2 N–H and O–H groups in total. The summed E-state index contributed by atoms with van der Waals surface area (Å²) in [4.78, 5) is 11.4. The summed E-state index contributed by atoms with van der Waals surface area (Å²) in [6.07, 6.45) is 1.83. The Morgan fingerprint density at radius 3 is 2.50 bits per heavy atom. The Hall–Kier alpha value is -2.30. The zero-order chi connectivity index (χ0) is 14.3. The molecule has 0 bridgehead atoms. The molecule has 1 heterocycles. The monoisotopic (exact) mass is 271 g/mol. The molecule has 5 nitrogen and oxygen atoms in total. The van der Waals surface area contributed by atoms with Gasteiger partial charge in [0.05, 0.1) is 5.69 Å². The smallest absolute Gasteiger partial charge is 0.341 e. The zero-order valence-electron chi connectivity index (χ0n) is 11.6. The van der Waals surface area contributed by atoms with Crippen molar-refractivity contribution in [2.75, 3.05) is 5.32 Å². The third kappa shape index (κ3) is 2.05. The number of hydrogen-bond donors (Lipinski definition) is 2. The molecule has 20 heavy (non-hydrogen) atoms. The summed E-state index contributed by atoms with van der Waals surface area (Å²) >= 11 is 0.